The number of aliphatic hydroxyl groups excluding tert-OH is 1. The second-order valence-corrected chi connectivity index (χ2v) is 5.48. The average molecular weight is 185 g/mol. The first kappa shape index (κ1) is 10.5. The van der Waals surface area contributed by atoms with Gasteiger partial charge in [0.05, 0.1) is 0 Å². The zero-order valence-electron chi connectivity index (χ0n) is 7.97. The fourth-order valence-electron chi connectivity index (χ4n) is 1.85. The van der Waals surface area contributed by atoms with Gasteiger partial charge in [0.1, 0.15) is 0 Å². The second kappa shape index (κ2) is 6.91. The van der Waals surface area contributed by atoms with Crippen molar-refractivity contribution in [1.82, 2.24) is 3.88 Å². The average Bonchev–Trinajstić information content (AvgIpc) is 2.19. The summed E-state index contributed by atoms with van der Waals surface area (Å²) in [6, 6.07) is 0. The maximum atomic E-state index is 8.87. The van der Waals surface area contributed by atoms with Crippen LogP contribution in [0.25, 0.3) is 0 Å². The zero-order chi connectivity index (χ0) is 8.65. The maximum absolute atomic E-state index is 8.87. The molecule has 0 atom stereocenters. The van der Waals surface area contributed by atoms with Crippen LogP contribution in [-0.2, 0) is 0 Å². The summed E-state index contributed by atoms with van der Waals surface area (Å²) in [7, 11) is 0. The van der Waals surface area contributed by atoms with Gasteiger partial charge < -0.3 is 8.99 Å². The van der Waals surface area contributed by atoms with Gasteiger partial charge in [-0.3, -0.25) is 0 Å². The molecule has 1 rings (SSSR count). The van der Waals surface area contributed by atoms with Crippen LogP contribution in [-0.4, -0.2) is 43.0 Å². The summed E-state index contributed by atoms with van der Waals surface area (Å²) in [5.41, 5.74) is 0.458. The predicted octanol–water partition coefficient (Wildman–Crippen LogP) is 0.944. The Hall–Kier alpha value is 0.452. The third kappa shape index (κ3) is 4.47. The molecule has 1 aliphatic heterocycles. The van der Waals surface area contributed by atoms with Crippen LogP contribution in [0.5, 0.6) is 0 Å². The first-order valence-corrected chi connectivity index (χ1v) is 6.90. The minimum absolute atomic E-state index is 0.288. The molecule has 1 aliphatic rings. The molecule has 1 fully saturated rings. The van der Waals surface area contributed by atoms with Crippen molar-refractivity contribution < 1.29 is 5.11 Å². The van der Waals surface area contributed by atoms with Crippen LogP contribution in [0.4, 0.5) is 0 Å². The summed E-state index contributed by atoms with van der Waals surface area (Å²) < 4.78 is 2.53. The van der Waals surface area contributed by atoms with Crippen molar-refractivity contribution in [1.29, 1.82) is 0 Å². The molecule has 0 aromatic carbocycles. The minimum Gasteiger partial charge on any atom is -0.410 e. The summed E-state index contributed by atoms with van der Waals surface area (Å²) in [6.45, 7) is 2.51. The van der Waals surface area contributed by atoms with E-state index in [0.29, 0.717) is 5.47 Å². The first-order valence-electron chi connectivity index (χ1n) is 5.26. The van der Waals surface area contributed by atoms with E-state index < -0.39 is 0 Å². The van der Waals surface area contributed by atoms with Crippen LogP contribution in [0, 0.1) is 0 Å². The van der Waals surface area contributed by atoms with E-state index in [1.54, 1.807) is 0 Å². The molecule has 1 heterocycles. The van der Waals surface area contributed by atoms with Gasteiger partial charge in [0.2, 0.25) is 0 Å². The van der Waals surface area contributed by atoms with Crippen molar-refractivity contribution >= 4 is 15.4 Å². The topological polar surface area (TPSA) is 23.5 Å². The Morgan fingerprint density at radius 1 is 0.917 bits per heavy atom. The molecule has 3 heteroatoms. The van der Waals surface area contributed by atoms with Crippen LogP contribution in [0.1, 0.15) is 38.5 Å². The molecule has 1 N–H and O–H groups in total. The molecule has 12 heavy (non-hydrogen) atoms. The van der Waals surface area contributed by atoms with Crippen molar-refractivity contribution in [3.8, 4) is 0 Å². The summed E-state index contributed by atoms with van der Waals surface area (Å²) in [4.78, 5) is 0. The Balaban J connectivity index is 2.19. The van der Waals surface area contributed by atoms with Gasteiger partial charge in [-0.15, -0.1) is 0 Å². The normalized spacial score (nSPS) is 22.4. The molecule has 0 spiro atoms. The smallest absolute Gasteiger partial charge is 0.379 e. The summed E-state index contributed by atoms with van der Waals surface area (Å²) in [6.07, 6.45) is 8.36. The second-order valence-electron chi connectivity index (χ2n) is 3.69. The maximum Gasteiger partial charge on any atom is 0.379 e. The lowest BCUT2D eigenvalue weighted by Crippen LogP contribution is -2.32. The number of rotatable bonds is 2. The lowest BCUT2D eigenvalue weighted by atomic mass is 10.1. The van der Waals surface area contributed by atoms with Gasteiger partial charge in [0, 0.05) is 5.47 Å². The van der Waals surface area contributed by atoms with E-state index in [9.17, 15) is 0 Å². The Labute approximate surface area is 81.9 Å². The lowest BCUT2D eigenvalue weighted by Gasteiger charge is -2.19. The van der Waals surface area contributed by atoms with Gasteiger partial charge >= 0.3 is 15.4 Å². The minimum atomic E-state index is -0.288. The SMILES string of the molecule is O[CH2][AlH][N]1CCCCCCCC1. The van der Waals surface area contributed by atoms with Gasteiger partial charge in [-0.25, -0.2) is 0 Å². The molecule has 1 saturated heterocycles. The fraction of sp³-hybridized carbons (Fsp3) is 1.00. The van der Waals surface area contributed by atoms with E-state index in [-0.39, 0.29) is 15.4 Å². The van der Waals surface area contributed by atoms with Gasteiger partial charge in [0.25, 0.3) is 0 Å². The van der Waals surface area contributed by atoms with Crippen molar-refractivity contribution in [3.63, 3.8) is 0 Å². The number of hydrogen-bond donors (Lipinski definition) is 1. The standard InChI is InChI=1S/C8H16N.CH3O.Al.H/c1-2-4-6-8-9-7-5-3-1;1-2;;/h1-8H2;2H,1H2;;/q-1;;+1;. The van der Waals surface area contributed by atoms with Crippen LogP contribution in [0.2, 0.25) is 0 Å². The van der Waals surface area contributed by atoms with Crippen molar-refractivity contribution in [3.05, 3.63) is 0 Å². The Bertz CT molecular complexity index is 101. The third-order valence-corrected chi connectivity index (χ3v) is 4.08. The number of nitrogens with zero attached hydrogens (tertiary/aromatic N) is 1. The van der Waals surface area contributed by atoms with E-state index in [1.165, 1.54) is 51.6 Å². The summed E-state index contributed by atoms with van der Waals surface area (Å²) >= 11 is -0.288. The van der Waals surface area contributed by atoms with Crippen LogP contribution >= 0.6 is 0 Å². The molecule has 0 unspecified atom stereocenters. The molecule has 0 aromatic heterocycles. The fourth-order valence-corrected chi connectivity index (χ4v) is 3.03. The van der Waals surface area contributed by atoms with Crippen molar-refractivity contribution in [2.24, 2.45) is 0 Å². The highest BCUT2D eigenvalue weighted by Crippen LogP contribution is 2.09. The largest absolute Gasteiger partial charge is 0.410 e. The predicted molar refractivity (Wildman–Crippen MR) is 53.5 cm³/mol. The molecular formula is C9H20AlNO. The number of hydrogen-bond acceptors (Lipinski definition) is 2. The molecule has 0 aliphatic carbocycles. The zero-order valence-corrected chi connectivity index (χ0v) is 9.38. The highest BCUT2D eigenvalue weighted by atomic mass is 27.1. The van der Waals surface area contributed by atoms with Crippen molar-refractivity contribution in [2.45, 2.75) is 38.5 Å². The van der Waals surface area contributed by atoms with Gasteiger partial charge in [0.15, 0.2) is 0 Å². The Kier molecular flexibility index (Phi) is 6.07. The molecule has 2 nitrogen and oxygen atoms in total. The van der Waals surface area contributed by atoms with E-state index in [1.807, 2.05) is 0 Å². The Morgan fingerprint density at radius 3 is 1.92 bits per heavy atom. The van der Waals surface area contributed by atoms with E-state index in [4.69, 9.17) is 5.11 Å². The Morgan fingerprint density at radius 2 is 1.42 bits per heavy atom. The van der Waals surface area contributed by atoms with Crippen LogP contribution in [0.3, 0.4) is 0 Å². The van der Waals surface area contributed by atoms with Crippen LogP contribution < -0.4 is 0 Å². The molecule has 0 amide bonds. The lowest BCUT2D eigenvalue weighted by molar-refractivity contribution is 0.339. The molecule has 0 radical (unpaired) electrons. The third-order valence-electron chi connectivity index (χ3n) is 2.61. The van der Waals surface area contributed by atoms with E-state index in [0.717, 1.165) is 0 Å². The highest BCUT2D eigenvalue weighted by Gasteiger charge is 2.07. The molecular weight excluding hydrogens is 165 g/mol. The monoisotopic (exact) mass is 185 g/mol. The van der Waals surface area contributed by atoms with Crippen molar-refractivity contribution in [2.75, 3.05) is 18.6 Å². The molecule has 70 valence electrons. The van der Waals surface area contributed by atoms with Gasteiger partial charge in [-0.2, -0.15) is 0 Å². The summed E-state index contributed by atoms with van der Waals surface area (Å²) in [5.74, 6) is 0. The molecule has 0 aromatic rings. The van der Waals surface area contributed by atoms with E-state index >= 15 is 0 Å². The molecule has 0 bridgehead atoms. The molecule has 0 saturated carbocycles. The van der Waals surface area contributed by atoms with Crippen LogP contribution in [0.15, 0.2) is 0 Å². The number of aliphatic hydroxyl groups is 1. The first-order chi connectivity index (χ1) is 5.93. The van der Waals surface area contributed by atoms with E-state index in [2.05, 4.69) is 3.88 Å². The highest BCUT2D eigenvalue weighted by molar-refractivity contribution is 6.31. The van der Waals surface area contributed by atoms with Gasteiger partial charge in [-0.1, -0.05) is 25.7 Å². The summed E-state index contributed by atoms with van der Waals surface area (Å²) in [5, 5.41) is 8.87. The quantitative estimate of drug-likeness (QED) is 0.647. The van der Waals surface area contributed by atoms with Gasteiger partial charge in [-0.05, 0) is 25.9 Å².